The first-order valence-electron chi connectivity index (χ1n) is 6.06. The van der Waals surface area contributed by atoms with E-state index in [-0.39, 0.29) is 11.6 Å². The number of nitrogens with two attached hydrogens (primary N) is 1. The Morgan fingerprint density at radius 1 is 1.53 bits per heavy atom. The van der Waals surface area contributed by atoms with E-state index in [1.165, 1.54) is 6.42 Å². The Bertz CT molecular complexity index is 196. The van der Waals surface area contributed by atoms with Gasteiger partial charge in [0.05, 0.1) is 11.6 Å². The fourth-order valence-corrected chi connectivity index (χ4v) is 2.37. The lowest BCUT2D eigenvalue weighted by Crippen LogP contribution is -2.56. The maximum Gasteiger partial charge on any atom is 0.0743 e. The van der Waals surface area contributed by atoms with Crippen LogP contribution in [-0.4, -0.2) is 43.3 Å². The van der Waals surface area contributed by atoms with E-state index < -0.39 is 0 Å². The van der Waals surface area contributed by atoms with Crippen LogP contribution in [0.2, 0.25) is 0 Å². The van der Waals surface area contributed by atoms with Crippen LogP contribution in [0.1, 0.15) is 33.6 Å². The van der Waals surface area contributed by atoms with Gasteiger partial charge >= 0.3 is 0 Å². The first-order valence-corrected chi connectivity index (χ1v) is 6.06. The van der Waals surface area contributed by atoms with Gasteiger partial charge in [0, 0.05) is 13.2 Å². The second kappa shape index (κ2) is 5.28. The Balaban J connectivity index is 2.57. The quantitative estimate of drug-likeness (QED) is 0.753. The van der Waals surface area contributed by atoms with Crippen LogP contribution in [0.5, 0.6) is 0 Å². The lowest BCUT2D eigenvalue weighted by molar-refractivity contribution is 0.0265. The van der Waals surface area contributed by atoms with E-state index in [1.54, 1.807) is 0 Å². The van der Waals surface area contributed by atoms with Gasteiger partial charge in [0.2, 0.25) is 0 Å². The Kier molecular flexibility index (Phi) is 4.56. The fraction of sp³-hybridized carbons (Fsp3) is 1.00. The van der Waals surface area contributed by atoms with Gasteiger partial charge in [-0.25, -0.2) is 0 Å². The van der Waals surface area contributed by atoms with Gasteiger partial charge in [-0.2, -0.15) is 0 Å². The number of rotatable bonds is 5. The largest absolute Gasteiger partial charge is 0.376 e. The van der Waals surface area contributed by atoms with Gasteiger partial charge in [0.15, 0.2) is 0 Å². The summed E-state index contributed by atoms with van der Waals surface area (Å²) in [6.45, 7) is 9.33. The van der Waals surface area contributed by atoms with Crippen molar-refractivity contribution in [2.24, 2.45) is 11.7 Å². The molecule has 1 rings (SSSR count). The van der Waals surface area contributed by atoms with Gasteiger partial charge < -0.3 is 10.5 Å². The molecule has 3 nitrogen and oxygen atoms in total. The molecule has 2 N–H and O–H groups in total. The lowest BCUT2D eigenvalue weighted by Gasteiger charge is -2.40. The van der Waals surface area contributed by atoms with Crippen molar-refractivity contribution in [2.45, 2.75) is 45.3 Å². The monoisotopic (exact) mass is 214 g/mol. The third-order valence-corrected chi connectivity index (χ3v) is 3.82. The molecule has 0 saturated carbocycles. The van der Waals surface area contributed by atoms with Crippen molar-refractivity contribution in [2.75, 3.05) is 26.7 Å². The van der Waals surface area contributed by atoms with Crippen molar-refractivity contribution < 1.29 is 4.74 Å². The molecule has 1 aliphatic rings. The van der Waals surface area contributed by atoms with Crippen LogP contribution in [0.4, 0.5) is 0 Å². The molecule has 0 bridgehead atoms. The summed E-state index contributed by atoms with van der Waals surface area (Å²) < 4.78 is 5.67. The third-order valence-electron chi connectivity index (χ3n) is 3.82. The highest BCUT2D eigenvalue weighted by Gasteiger charge is 2.43. The van der Waals surface area contributed by atoms with Crippen LogP contribution >= 0.6 is 0 Å². The maximum atomic E-state index is 5.94. The van der Waals surface area contributed by atoms with Crippen LogP contribution in [0.3, 0.4) is 0 Å². The summed E-state index contributed by atoms with van der Waals surface area (Å²) in [5, 5.41) is 0. The molecule has 0 aromatic heterocycles. The lowest BCUT2D eigenvalue weighted by atomic mass is 9.90. The molecule has 3 heteroatoms. The number of likely N-dealkylation sites (N-methyl/N-ethyl adjacent to an activating group) is 1. The van der Waals surface area contributed by atoms with E-state index in [0.717, 1.165) is 25.5 Å². The summed E-state index contributed by atoms with van der Waals surface area (Å²) in [5.74, 6) is 0.750. The summed E-state index contributed by atoms with van der Waals surface area (Å²) in [6, 6.07) is 0. The summed E-state index contributed by atoms with van der Waals surface area (Å²) in [7, 11) is 2.18. The van der Waals surface area contributed by atoms with Crippen molar-refractivity contribution in [1.29, 1.82) is 0 Å². The molecule has 2 atom stereocenters. The predicted molar refractivity (Wildman–Crippen MR) is 63.9 cm³/mol. The van der Waals surface area contributed by atoms with Crippen molar-refractivity contribution in [1.82, 2.24) is 4.90 Å². The molecular weight excluding hydrogens is 188 g/mol. The van der Waals surface area contributed by atoms with Crippen LogP contribution in [0.15, 0.2) is 0 Å². The van der Waals surface area contributed by atoms with Crippen LogP contribution in [0.25, 0.3) is 0 Å². The van der Waals surface area contributed by atoms with E-state index in [9.17, 15) is 0 Å². The Morgan fingerprint density at radius 3 is 2.60 bits per heavy atom. The number of nitrogens with zero attached hydrogens (tertiary/aromatic N) is 1. The van der Waals surface area contributed by atoms with Gasteiger partial charge in [-0.15, -0.1) is 0 Å². The van der Waals surface area contributed by atoms with Crippen LogP contribution in [-0.2, 0) is 4.74 Å². The van der Waals surface area contributed by atoms with E-state index in [4.69, 9.17) is 10.5 Å². The van der Waals surface area contributed by atoms with Gasteiger partial charge in [0.1, 0.15) is 0 Å². The standard InChI is InChI=1S/C12H26N2O/c1-10(2)5-7-14(4)12(9-13)6-8-15-11(12)3/h10-11H,5-9,13H2,1-4H3. The topological polar surface area (TPSA) is 38.5 Å². The third kappa shape index (κ3) is 2.71. The smallest absolute Gasteiger partial charge is 0.0743 e. The molecule has 0 spiro atoms. The minimum atomic E-state index is 0.0783. The number of ether oxygens (including phenoxy) is 1. The minimum Gasteiger partial charge on any atom is -0.376 e. The fourth-order valence-electron chi connectivity index (χ4n) is 2.37. The van der Waals surface area contributed by atoms with Crippen molar-refractivity contribution in [3.8, 4) is 0 Å². The molecule has 1 fully saturated rings. The average Bonchev–Trinajstić information content (AvgIpc) is 2.57. The minimum absolute atomic E-state index is 0.0783. The summed E-state index contributed by atoms with van der Waals surface area (Å²) >= 11 is 0. The molecule has 90 valence electrons. The van der Waals surface area contributed by atoms with Crippen molar-refractivity contribution in [3.05, 3.63) is 0 Å². The predicted octanol–water partition coefficient (Wildman–Crippen LogP) is 1.47. The maximum absolute atomic E-state index is 5.94. The molecule has 1 heterocycles. The first-order chi connectivity index (χ1) is 7.03. The Morgan fingerprint density at radius 2 is 2.20 bits per heavy atom. The molecule has 2 unspecified atom stereocenters. The summed E-state index contributed by atoms with van der Waals surface area (Å²) in [5.41, 5.74) is 6.02. The number of hydrogen-bond donors (Lipinski definition) is 1. The molecule has 0 aromatic rings. The molecule has 0 aromatic carbocycles. The zero-order valence-electron chi connectivity index (χ0n) is 10.6. The molecule has 0 amide bonds. The van der Waals surface area contributed by atoms with E-state index in [2.05, 4.69) is 32.7 Å². The van der Waals surface area contributed by atoms with E-state index >= 15 is 0 Å². The highest BCUT2D eigenvalue weighted by molar-refractivity contribution is 4.99. The van der Waals surface area contributed by atoms with E-state index in [0.29, 0.717) is 6.54 Å². The van der Waals surface area contributed by atoms with Gasteiger partial charge in [-0.3, -0.25) is 4.90 Å². The highest BCUT2D eigenvalue weighted by Crippen LogP contribution is 2.30. The Hall–Kier alpha value is -0.120. The molecule has 0 aliphatic carbocycles. The normalized spacial score (nSPS) is 31.8. The van der Waals surface area contributed by atoms with Crippen molar-refractivity contribution in [3.63, 3.8) is 0 Å². The molecule has 15 heavy (non-hydrogen) atoms. The second-order valence-electron chi connectivity index (χ2n) is 5.17. The zero-order chi connectivity index (χ0) is 11.5. The SMILES string of the molecule is CC(C)CCN(C)C1(CN)CCOC1C. The molecule has 0 radical (unpaired) electrons. The van der Waals surface area contributed by atoms with E-state index in [1.807, 2.05) is 0 Å². The van der Waals surface area contributed by atoms with Crippen LogP contribution in [0, 0.1) is 5.92 Å². The molecule has 1 aliphatic heterocycles. The second-order valence-corrected chi connectivity index (χ2v) is 5.17. The van der Waals surface area contributed by atoms with Crippen molar-refractivity contribution >= 4 is 0 Å². The average molecular weight is 214 g/mol. The number of hydrogen-bond acceptors (Lipinski definition) is 3. The summed E-state index contributed by atoms with van der Waals surface area (Å²) in [4.78, 5) is 2.41. The zero-order valence-corrected chi connectivity index (χ0v) is 10.6. The molecular formula is C12H26N2O. The molecule has 1 saturated heterocycles. The highest BCUT2D eigenvalue weighted by atomic mass is 16.5. The van der Waals surface area contributed by atoms with Crippen LogP contribution < -0.4 is 5.73 Å². The Labute approximate surface area is 94.0 Å². The van der Waals surface area contributed by atoms with Gasteiger partial charge in [-0.05, 0) is 39.3 Å². The van der Waals surface area contributed by atoms with Gasteiger partial charge in [-0.1, -0.05) is 13.8 Å². The van der Waals surface area contributed by atoms with Gasteiger partial charge in [0.25, 0.3) is 0 Å². The summed E-state index contributed by atoms with van der Waals surface area (Å²) in [6.07, 6.45) is 2.56. The first kappa shape index (κ1) is 12.9.